The van der Waals surface area contributed by atoms with E-state index in [9.17, 15) is 4.39 Å². The minimum atomic E-state index is -0.208. The molecule has 1 fully saturated rings. The van der Waals surface area contributed by atoms with E-state index < -0.39 is 0 Å². The molecule has 44 heavy (non-hydrogen) atoms. The fourth-order valence-corrected chi connectivity index (χ4v) is 4.00. The van der Waals surface area contributed by atoms with Gasteiger partial charge in [-0.25, -0.2) is 9.37 Å². The Morgan fingerprint density at radius 1 is 0.727 bits per heavy atom. The second-order valence-corrected chi connectivity index (χ2v) is 12.0. The van der Waals surface area contributed by atoms with Gasteiger partial charge in [0.25, 0.3) is 0 Å². The van der Waals surface area contributed by atoms with Crippen molar-refractivity contribution in [3.63, 3.8) is 0 Å². The summed E-state index contributed by atoms with van der Waals surface area (Å²) in [5, 5.41) is 0. The number of hydrogen-bond donors (Lipinski definition) is 0. The molecular formula is C36H58FN3O4. The molecule has 0 atom stereocenters. The van der Waals surface area contributed by atoms with Gasteiger partial charge >= 0.3 is 0 Å². The monoisotopic (exact) mass is 615 g/mol. The van der Waals surface area contributed by atoms with Gasteiger partial charge in [0, 0.05) is 19.4 Å². The van der Waals surface area contributed by atoms with Crippen molar-refractivity contribution < 1.29 is 23.3 Å². The van der Waals surface area contributed by atoms with Crippen LogP contribution in [-0.4, -0.2) is 45.1 Å². The molecule has 0 unspecified atom stereocenters. The Morgan fingerprint density at radius 2 is 1.32 bits per heavy atom. The number of ether oxygens (including phenoxy) is 4. The summed E-state index contributed by atoms with van der Waals surface area (Å²) in [6.07, 6.45) is 15.7. The predicted molar refractivity (Wildman–Crippen MR) is 177 cm³/mol. The van der Waals surface area contributed by atoms with E-state index >= 15 is 0 Å². The summed E-state index contributed by atoms with van der Waals surface area (Å²) in [6, 6.07) is 10.4. The number of aromatic nitrogens is 3. The Hall–Kier alpha value is -2.65. The van der Waals surface area contributed by atoms with E-state index in [1.54, 1.807) is 18.6 Å². The van der Waals surface area contributed by atoms with Crippen LogP contribution < -0.4 is 0 Å². The zero-order valence-corrected chi connectivity index (χ0v) is 28.7. The molecule has 1 aliphatic carbocycles. The molecule has 0 bridgehead atoms. The van der Waals surface area contributed by atoms with Crippen LogP contribution in [0.25, 0.3) is 0 Å². The van der Waals surface area contributed by atoms with Crippen LogP contribution in [0.3, 0.4) is 0 Å². The maximum Gasteiger partial charge on any atom is 0.123 e. The lowest BCUT2D eigenvalue weighted by atomic mass is 9.98. The smallest absolute Gasteiger partial charge is 0.123 e. The van der Waals surface area contributed by atoms with E-state index in [1.807, 2.05) is 83.7 Å². The van der Waals surface area contributed by atoms with Crippen molar-refractivity contribution in [3.05, 3.63) is 84.0 Å². The lowest BCUT2D eigenvalue weighted by Gasteiger charge is -2.23. The average molecular weight is 616 g/mol. The number of halogens is 1. The van der Waals surface area contributed by atoms with Crippen molar-refractivity contribution in [2.24, 2.45) is 7.05 Å². The summed E-state index contributed by atoms with van der Waals surface area (Å²) < 4.78 is 36.4. The molecule has 0 radical (unpaired) electrons. The van der Waals surface area contributed by atoms with Gasteiger partial charge < -0.3 is 23.5 Å². The number of nitrogens with zero attached hydrogens (tertiary/aromatic N) is 3. The van der Waals surface area contributed by atoms with Gasteiger partial charge in [-0.2, -0.15) is 0 Å². The van der Waals surface area contributed by atoms with Crippen molar-refractivity contribution >= 4 is 0 Å². The quantitative estimate of drug-likeness (QED) is 0.215. The average Bonchev–Trinajstić information content (AvgIpc) is 3.40. The van der Waals surface area contributed by atoms with E-state index in [-0.39, 0.29) is 24.1 Å². The molecule has 0 aliphatic heterocycles. The van der Waals surface area contributed by atoms with Crippen LogP contribution in [0.5, 0.6) is 0 Å². The van der Waals surface area contributed by atoms with Gasteiger partial charge in [0.05, 0.1) is 68.6 Å². The van der Waals surface area contributed by atoms with Crippen LogP contribution in [0.2, 0.25) is 0 Å². The molecule has 1 aliphatic rings. The highest BCUT2D eigenvalue weighted by atomic mass is 19.1. The summed E-state index contributed by atoms with van der Waals surface area (Å²) >= 11 is 0. The van der Waals surface area contributed by atoms with E-state index in [2.05, 4.69) is 23.8 Å². The van der Waals surface area contributed by atoms with Gasteiger partial charge in [-0.05, 0) is 97.6 Å². The standard InChI is InChI=1S/C10H13FO.C9H13NO.C9H18O.C8H14N2O/c1-8(2)12-7-9-4-3-5-10(11)6-9;1-8(2)11-7-9-4-3-5-10-6-9;1-8(2)10-9-6-4-3-5-7-9;1-7(2)11-5-8-4-9-6-10(8)3/h3-6,8H,7H2,1-2H3;3-6,8H,7H2,1-2H3;8-9H,3-7H2,1-2H3;4,6-7H,5H2,1-3H3. The molecule has 4 rings (SSSR count). The van der Waals surface area contributed by atoms with Crippen LogP contribution >= 0.6 is 0 Å². The van der Waals surface area contributed by atoms with E-state index in [4.69, 9.17) is 18.9 Å². The lowest BCUT2D eigenvalue weighted by molar-refractivity contribution is -0.0117. The Balaban J connectivity index is 0.000000294. The summed E-state index contributed by atoms with van der Waals surface area (Å²) in [6.45, 7) is 18.0. The fraction of sp³-hybridized carbons (Fsp3) is 0.611. The zero-order chi connectivity index (χ0) is 32.7. The highest BCUT2D eigenvalue weighted by Gasteiger charge is 2.14. The van der Waals surface area contributed by atoms with E-state index in [0.29, 0.717) is 32.0 Å². The first-order valence-electron chi connectivity index (χ1n) is 16.0. The fourth-order valence-electron chi connectivity index (χ4n) is 4.00. The second kappa shape index (κ2) is 23.7. The summed E-state index contributed by atoms with van der Waals surface area (Å²) in [4.78, 5) is 7.97. The highest BCUT2D eigenvalue weighted by molar-refractivity contribution is 5.15. The maximum atomic E-state index is 12.6. The molecule has 2 heterocycles. The molecule has 0 N–H and O–H groups in total. The topological polar surface area (TPSA) is 67.6 Å². The zero-order valence-electron chi connectivity index (χ0n) is 28.7. The number of imidazole rings is 1. The van der Waals surface area contributed by atoms with E-state index in [1.165, 1.54) is 44.2 Å². The van der Waals surface area contributed by atoms with Crippen molar-refractivity contribution in [1.82, 2.24) is 14.5 Å². The third kappa shape index (κ3) is 21.1. The number of rotatable bonds is 11. The van der Waals surface area contributed by atoms with Gasteiger partial charge in [0.1, 0.15) is 5.82 Å². The number of aryl methyl sites for hydroxylation is 1. The maximum absolute atomic E-state index is 12.6. The molecule has 1 saturated carbocycles. The van der Waals surface area contributed by atoms with Crippen LogP contribution in [0.15, 0.2) is 61.3 Å². The summed E-state index contributed by atoms with van der Waals surface area (Å²) in [5.74, 6) is -0.208. The molecule has 248 valence electrons. The first kappa shape index (κ1) is 39.4. The van der Waals surface area contributed by atoms with Gasteiger partial charge in [0.15, 0.2) is 0 Å². The predicted octanol–water partition coefficient (Wildman–Crippen LogP) is 8.85. The van der Waals surface area contributed by atoms with Gasteiger partial charge in [-0.1, -0.05) is 37.5 Å². The second-order valence-electron chi connectivity index (χ2n) is 12.0. The first-order chi connectivity index (χ1) is 21.0. The molecule has 2 aromatic heterocycles. The van der Waals surface area contributed by atoms with Crippen LogP contribution in [0.1, 0.15) is 104 Å². The third-order valence-corrected chi connectivity index (χ3v) is 6.28. The Bertz CT molecular complexity index is 1080. The van der Waals surface area contributed by atoms with E-state index in [0.717, 1.165) is 16.8 Å². The Morgan fingerprint density at radius 3 is 1.82 bits per heavy atom. The van der Waals surface area contributed by atoms with Crippen molar-refractivity contribution in [3.8, 4) is 0 Å². The Labute approximate surface area is 266 Å². The molecule has 0 saturated heterocycles. The summed E-state index contributed by atoms with van der Waals surface area (Å²) in [7, 11) is 1.96. The molecular weight excluding hydrogens is 557 g/mol. The van der Waals surface area contributed by atoms with Gasteiger partial charge in [0.2, 0.25) is 0 Å². The molecule has 1 aromatic carbocycles. The normalized spacial score (nSPS) is 13.2. The van der Waals surface area contributed by atoms with Crippen LogP contribution in [-0.2, 0) is 45.8 Å². The summed E-state index contributed by atoms with van der Waals surface area (Å²) in [5.41, 5.74) is 3.11. The van der Waals surface area contributed by atoms with Crippen LogP contribution in [0.4, 0.5) is 4.39 Å². The highest BCUT2D eigenvalue weighted by Crippen LogP contribution is 2.21. The molecule has 8 heteroatoms. The minimum Gasteiger partial charge on any atom is -0.376 e. The number of hydrogen-bond acceptors (Lipinski definition) is 6. The lowest BCUT2D eigenvalue weighted by Crippen LogP contribution is -2.20. The molecule has 0 spiro atoms. The largest absolute Gasteiger partial charge is 0.376 e. The third-order valence-electron chi connectivity index (χ3n) is 6.28. The van der Waals surface area contributed by atoms with Crippen molar-refractivity contribution in [1.29, 1.82) is 0 Å². The van der Waals surface area contributed by atoms with Gasteiger partial charge in [-0.3, -0.25) is 4.98 Å². The minimum absolute atomic E-state index is 0.188. The SMILES string of the molecule is CC(C)OC1CCCCC1.CC(C)OCc1cccc(F)c1.CC(C)OCc1cccnc1.CC(C)OCc1cncn1C. The van der Waals surface area contributed by atoms with Crippen molar-refractivity contribution in [2.45, 2.75) is 138 Å². The molecule has 7 nitrogen and oxygen atoms in total. The molecule has 3 aromatic rings. The van der Waals surface area contributed by atoms with Crippen LogP contribution in [0, 0.1) is 5.82 Å². The van der Waals surface area contributed by atoms with Gasteiger partial charge in [-0.15, -0.1) is 0 Å². The molecule has 0 amide bonds. The van der Waals surface area contributed by atoms with Crippen molar-refractivity contribution in [2.75, 3.05) is 0 Å². The first-order valence-corrected chi connectivity index (χ1v) is 16.0. The Kier molecular flexibility index (Phi) is 21.2. The number of benzene rings is 1. The number of pyridine rings is 1.